The summed E-state index contributed by atoms with van der Waals surface area (Å²) in [6.07, 6.45) is 2.31. The molecule has 0 saturated carbocycles. The molecule has 0 spiro atoms. The van der Waals surface area contributed by atoms with E-state index in [2.05, 4.69) is 26.7 Å². The number of rotatable bonds is 4. The zero-order chi connectivity index (χ0) is 20.1. The first kappa shape index (κ1) is 17.4. The van der Waals surface area contributed by atoms with E-state index in [0.29, 0.717) is 29.6 Å². The molecule has 3 aliphatic rings. The minimum absolute atomic E-state index is 0.103. The number of aromatic nitrogens is 2. The summed E-state index contributed by atoms with van der Waals surface area (Å²) >= 11 is 1.67. The Hall–Kier alpha value is -3.44. The maximum atomic E-state index is 12.9. The third-order valence-electron chi connectivity index (χ3n) is 5.23. The Labute approximate surface area is 174 Å². The first-order valence-corrected chi connectivity index (χ1v) is 10.3. The quantitative estimate of drug-likeness (QED) is 0.679. The number of fused-ring (bicyclic) bond motifs is 2. The SMILES string of the molecule is O=C1C2CC(c3cccs3)NN2C=NN1Cc1nc(-c2ccc3c(c2)OCO3)no1. The van der Waals surface area contributed by atoms with Crippen molar-refractivity contribution < 1.29 is 18.8 Å². The second-order valence-electron chi connectivity index (χ2n) is 7.06. The van der Waals surface area contributed by atoms with Crippen molar-refractivity contribution in [3.8, 4) is 22.9 Å². The highest BCUT2D eigenvalue weighted by atomic mass is 32.1. The highest BCUT2D eigenvalue weighted by molar-refractivity contribution is 7.10. The van der Waals surface area contributed by atoms with Gasteiger partial charge in [-0.1, -0.05) is 11.2 Å². The fraction of sp³-hybridized carbons (Fsp3) is 0.263. The number of thiophene rings is 1. The second kappa shape index (κ2) is 6.82. The molecule has 0 aliphatic carbocycles. The number of nitrogens with one attached hydrogen (secondary N) is 1. The standard InChI is InChI=1S/C19H16N6O4S/c26-19-13-7-12(16-2-1-5-30-16)22-25(13)9-20-24(19)8-17-21-18(23-29-17)11-3-4-14-15(6-11)28-10-27-14/h1-6,9,12-13,22H,7-8,10H2. The van der Waals surface area contributed by atoms with Gasteiger partial charge in [-0.15, -0.1) is 11.3 Å². The Bertz CT molecular complexity index is 1130. The van der Waals surface area contributed by atoms with Crippen molar-refractivity contribution in [2.45, 2.75) is 25.0 Å². The fourth-order valence-corrected chi connectivity index (χ4v) is 4.51. The number of hydrazone groups is 1. The minimum Gasteiger partial charge on any atom is -0.454 e. The molecule has 2 atom stereocenters. The van der Waals surface area contributed by atoms with E-state index in [9.17, 15) is 4.79 Å². The molecule has 3 aromatic rings. The lowest BCUT2D eigenvalue weighted by Gasteiger charge is -2.29. The Kier molecular flexibility index (Phi) is 3.96. The van der Waals surface area contributed by atoms with Gasteiger partial charge in [0.15, 0.2) is 11.5 Å². The van der Waals surface area contributed by atoms with Crippen LogP contribution in [0.25, 0.3) is 11.4 Å². The van der Waals surface area contributed by atoms with E-state index in [1.165, 1.54) is 9.89 Å². The maximum absolute atomic E-state index is 12.9. The number of carbonyl (C=O) groups is 1. The highest BCUT2D eigenvalue weighted by Gasteiger charge is 2.41. The van der Waals surface area contributed by atoms with Crippen LogP contribution in [0.3, 0.4) is 0 Å². The molecule has 1 N–H and O–H groups in total. The van der Waals surface area contributed by atoms with E-state index in [4.69, 9.17) is 14.0 Å². The number of hydrazine groups is 1. The van der Waals surface area contributed by atoms with Gasteiger partial charge in [-0.2, -0.15) is 10.1 Å². The molecule has 3 aliphatic heterocycles. The molecule has 152 valence electrons. The van der Waals surface area contributed by atoms with Gasteiger partial charge in [0.2, 0.25) is 18.5 Å². The summed E-state index contributed by atoms with van der Waals surface area (Å²) in [4.78, 5) is 18.5. The summed E-state index contributed by atoms with van der Waals surface area (Å²) in [6.45, 7) is 0.312. The predicted molar refractivity (Wildman–Crippen MR) is 105 cm³/mol. The molecule has 30 heavy (non-hydrogen) atoms. The van der Waals surface area contributed by atoms with E-state index in [-0.39, 0.29) is 31.3 Å². The van der Waals surface area contributed by atoms with Crippen LogP contribution < -0.4 is 14.9 Å². The van der Waals surface area contributed by atoms with Crippen molar-refractivity contribution in [2.75, 3.05) is 6.79 Å². The molecule has 2 unspecified atom stereocenters. The number of carbonyl (C=O) groups excluding carboxylic acids is 1. The topological polar surface area (TPSA) is 105 Å². The minimum atomic E-state index is -0.314. The summed E-state index contributed by atoms with van der Waals surface area (Å²) < 4.78 is 16.1. The monoisotopic (exact) mass is 424 g/mol. The number of nitrogens with zero attached hydrogens (tertiary/aromatic N) is 5. The van der Waals surface area contributed by atoms with E-state index in [1.807, 2.05) is 17.5 Å². The third-order valence-corrected chi connectivity index (χ3v) is 6.21. The van der Waals surface area contributed by atoms with Gasteiger partial charge < -0.3 is 14.0 Å². The zero-order valence-electron chi connectivity index (χ0n) is 15.6. The molecule has 1 fully saturated rings. The average molecular weight is 424 g/mol. The largest absolute Gasteiger partial charge is 0.454 e. The highest BCUT2D eigenvalue weighted by Crippen LogP contribution is 2.35. The van der Waals surface area contributed by atoms with E-state index in [0.717, 1.165) is 5.56 Å². The lowest BCUT2D eigenvalue weighted by Crippen LogP contribution is -2.50. The Balaban J connectivity index is 1.17. The van der Waals surface area contributed by atoms with Crippen LogP contribution in [0.4, 0.5) is 0 Å². The molecule has 10 nitrogen and oxygen atoms in total. The smallest absolute Gasteiger partial charge is 0.267 e. The van der Waals surface area contributed by atoms with Crippen LogP contribution in [-0.4, -0.2) is 45.2 Å². The third kappa shape index (κ3) is 2.90. The van der Waals surface area contributed by atoms with Gasteiger partial charge in [0.05, 0.1) is 6.04 Å². The second-order valence-corrected chi connectivity index (χ2v) is 8.04. The summed E-state index contributed by atoms with van der Waals surface area (Å²) in [7, 11) is 0. The molecule has 0 radical (unpaired) electrons. The lowest BCUT2D eigenvalue weighted by atomic mass is 10.1. The van der Waals surface area contributed by atoms with Gasteiger partial charge in [0.1, 0.15) is 18.9 Å². The first-order valence-electron chi connectivity index (χ1n) is 9.40. The van der Waals surface area contributed by atoms with Gasteiger partial charge in [-0.05, 0) is 29.6 Å². The van der Waals surface area contributed by atoms with Crippen molar-refractivity contribution in [2.24, 2.45) is 5.10 Å². The van der Waals surface area contributed by atoms with Crippen molar-refractivity contribution in [3.05, 3.63) is 46.5 Å². The van der Waals surface area contributed by atoms with E-state index >= 15 is 0 Å². The molecule has 11 heteroatoms. The van der Waals surface area contributed by atoms with Crippen LogP contribution in [0, 0.1) is 0 Å². The van der Waals surface area contributed by atoms with Gasteiger partial charge in [-0.25, -0.2) is 10.4 Å². The summed E-state index contributed by atoms with van der Waals surface area (Å²) in [5.41, 5.74) is 4.07. The molecule has 1 amide bonds. The summed E-state index contributed by atoms with van der Waals surface area (Å²) in [6, 6.07) is 9.30. The molecule has 0 bridgehead atoms. The number of hydrogen-bond donors (Lipinski definition) is 1. The Morgan fingerprint density at radius 2 is 2.17 bits per heavy atom. The summed E-state index contributed by atoms with van der Waals surface area (Å²) in [5.74, 6) is 1.95. The Morgan fingerprint density at radius 3 is 3.07 bits per heavy atom. The molecular weight excluding hydrogens is 408 g/mol. The van der Waals surface area contributed by atoms with Crippen molar-refractivity contribution in [1.29, 1.82) is 0 Å². The van der Waals surface area contributed by atoms with Crippen LogP contribution in [0.1, 0.15) is 23.2 Å². The van der Waals surface area contributed by atoms with Crippen LogP contribution >= 0.6 is 11.3 Å². The van der Waals surface area contributed by atoms with Crippen molar-refractivity contribution in [1.82, 2.24) is 25.6 Å². The van der Waals surface area contributed by atoms with Crippen molar-refractivity contribution in [3.63, 3.8) is 0 Å². The average Bonchev–Trinajstić information content (AvgIpc) is 3.54. The molecular formula is C19H16N6O4S. The van der Waals surface area contributed by atoms with Crippen LogP contribution in [0.2, 0.25) is 0 Å². The number of amides is 1. The molecule has 5 heterocycles. The van der Waals surface area contributed by atoms with Crippen LogP contribution in [0.15, 0.2) is 45.3 Å². The molecule has 6 rings (SSSR count). The number of benzene rings is 1. The number of ether oxygens (including phenoxy) is 2. The van der Waals surface area contributed by atoms with Crippen molar-refractivity contribution >= 4 is 23.6 Å². The first-order chi connectivity index (χ1) is 14.7. The van der Waals surface area contributed by atoms with Gasteiger partial charge >= 0.3 is 0 Å². The zero-order valence-corrected chi connectivity index (χ0v) is 16.4. The lowest BCUT2D eigenvalue weighted by molar-refractivity contribution is -0.137. The molecule has 1 aromatic carbocycles. The number of hydrogen-bond acceptors (Lipinski definition) is 10. The van der Waals surface area contributed by atoms with E-state index in [1.54, 1.807) is 34.8 Å². The Morgan fingerprint density at radius 1 is 1.23 bits per heavy atom. The molecule has 1 saturated heterocycles. The molecule has 2 aromatic heterocycles. The van der Waals surface area contributed by atoms with Gasteiger partial charge in [0, 0.05) is 16.9 Å². The van der Waals surface area contributed by atoms with Gasteiger partial charge in [0.25, 0.3) is 5.91 Å². The van der Waals surface area contributed by atoms with E-state index < -0.39 is 0 Å². The predicted octanol–water partition coefficient (Wildman–Crippen LogP) is 2.13. The summed E-state index contributed by atoms with van der Waals surface area (Å²) in [5, 5.41) is 13.5. The van der Waals surface area contributed by atoms with Crippen LogP contribution in [-0.2, 0) is 11.3 Å². The fourth-order valence-electron chi connectivity index (χ4n) is 3.73. The van der Waals surface area contributed by atoms with Crippen LogP contribution in [0.5, 0.6) is 11.5 Å². The maximum Gasteiger partial charge on any atom is 0.267 e. The van der Waals surface area contributed by atoms with Gasteiger partial charge in [-0.3, -0.25) is 9.80 Å². The normalized spacial score (nSPS) is 22.1.